The normalized spacial score (nSPS) is 10.6. The zero-order chi connectivity index (χ0) is 21.5. The lowest BCUT2D eigenvalue weighted by Crippen LogP contribution is -2.12. The third kappa shape index (κ3) is 5.84. The standard InChI is InChI=1S/C22H19N3O3S3/c1-27-19-12-16(9-10-18(19)28-13-15-6-3-2-4-7-15)20(26)23-21-24-25-22(31-21)30-14-17-8-5-11-29-17/h2-12H,13-14H2,1H3,(H,23,24,26). The Morgan fingerprint density at radius 1 is 1.06 bits per heavy atom. The van der Waals surface area contributed by atoms with Crippen molar-refractivity contribution in [3.8, 4) is 11.5 Å². The van der Waals surface area contributed by atoms with Crippen molar-refractivity contribution in [3.05, 3.63) is 82.0 Å². The largest absolute Gasteiger partial charge is 0.493 e. The SMILES string of the molecule is COc1cc(C(=O)Nc2nnc(SCc3cccs3)s2)ccc1OCc1ccccc1. The number of hydrogen-bond donors (Lipinski definition) is 1. The molecule has 0 radical (unpaired) electrons. The van der Waals surface area contributed by atoms with Crippen LogP contribution in [-0.2, 0) is 12.4 Å². The van der Waals surface area contributed by atoms with Gasteiger partial charge in [0.1, 0.15) is 6.61 Å². The number of rotatable bonds is 9. The number of nitrogens with zero attached hydrogens (tertiary/aromatic N) is 2. The second-order valence-electron chi connectivity index (χ2n) is 6.34. The average molecular weight is 470 g/mol. The van der Waals surface area contributed by atoms with Crippen molar-refractivity contribution in [2.45, 2.75) is 16.7 Å². The molecule has 6 nitrogen and oxygen atoms in total. The molecule has 2 aromatic heterocycles. The number of hydrogen-bond acceptors (Lipinski definition) is 8. The van der Waals surface area contributed by atoms with Crippen LogP contribution in [0, 0.1) is 0 Å². The summed E-state index contributed by atoms with van der Waals surface area (Å²) in [4.78, 5) is 13.9. The summed E-state index contributed by atoms with van der Waals surface area (Å²) in [5.41, 5.74) is 1.50. The quantitative estimate of drug-likeness (QED) is 0.249. The van der Waals surface area contributed by atoms with Gasteiger partial charge in [-0.3, -0.25) is 10.1 Å². The Labute approximate surface area is 192 Å². The molecule has 0 aliphatic rings. The lowest BCUT2D eigenvalue weighted by atomic mass is 10.2. The van der Waals surface area contributed by atoms with Crippen molar-refractivity contribution in [1.82, 2.24) is 10.2 Å². The topological polar surface area (TPSA) is 73.3 Å². The molecule has 4 rings (SSSR count). The number of carbonyl (C=O) groups is 1. The minimum absolute atomic E-state index is 0.279. The highest BCUT2D eigenvalue weighted by Crippen LogP contribution is 2.31. The van der Waals surface area contributed by atoms with Gasteiger partial charge >= 0.3 is 0 Å². The lowest BCUT2D eigenvalue weighted by molar-refractivity contribution is 0.102. The zero-order valence-corrected chi connectivity index (χ0v) is 19.1. The highest BCUT2D eigenvalue weighted by Gasteiger charge is 2.14. The molecule has 0 saturated carbocycles. The predicted molar refractivity (Wildman–Crippen MR) is 126 cm³/mol. The summed E-state index contributed by atoms with van der Waals surface area (Å²) in [6, 6.07) is 19.1. The van der Waals surface area contributed by atoms with Gasteiger partial charge in [-0.25, -0.2) is 0 Å². The Balaban J connectivity index is 1.37. The van der Waals surface area contributed by atoms with Gasteiger partial charge in [0.25, 0.3) is 5.91 Å². The van der Waals surface area contributed by atoms with Crippen molar-refractivity contribution in [1.29, 1.82) is 0 Å². The zero-order valence-electron chi connectivity index (χ0n) is 16.6. The average Bonchev–Trinajstić information content (AvgIpc) is 3.49. The van der Waals surface area contributed by atoms with Crippen molar-refractivity contribution in [2.24, 2.45) is 0 Å². The maximum Gasteiger partial charge on any atom is 0.257 e. The number of methoxy groups -OCH3 is 1. The summed E-state index contributed by atoms with van der Waals surface area (Å²) in [7, 11) is 1.55. The van der Waals surface area contributed by atoms with Crippen LogP contribution < -0.4 is 14.8 Å². The van der Waals surface area contributed by atoms with E-state index in [9.17, 15) is 4.79 Å². The molecule has 2 heterocycles. The van der Waals surface area contributed by atoms with Crippen LogP contribution in [-0.4, -0.2) is 23.2 Å². The first-order valence-electron chi connectivity index (χ1n) is 9.36. The van der Waals surface area contributed by atoms with Crippen LogP contribution in [0.2, 0.25) is 0 Å². The smallest absolute Gasteiger partial charge is 0.257 e. The molecule has 1 amide bonds. The van der Waals surface area contributed by atoms with Gasteiger partial charge < -0.3 is 9.47 Å². The highest BCUT2D eigenvalue weighted by atomic mass is 32.2. The van der Waals surface area contributed by atoms with Crippen LogP contribution in [0.5, 0.6) is 11.5 Å². The molecule has 0 atom stereocenters. The van der Waals surface area contributed by atoms with E-state index in [0.717, 1.165) is 15.7 Å². The molecule has 0 bridgehead atoms. The number of ether oxygens (including phenoxy) is 2. The Hall–Kier alpha value is -2.88. The Kier molecular flexibility index (Phi) is 7.18. The van der Waals surface area contributed by atoms with Gasteiger partial charge in [-0.05, 0) is 35.2 Å². The van der Waals surface area contributed by atoms with Gasteiger partial charge in [0.2, 0.25) is 5.13 Å². The molecule has 31 heavy (non-hydrogen) atoms. The van der Waals surface area contributed by atoms with E-state index in [0.29, 0.717) is 28.8 Å². The van der Waals surface area contributed by atoms with Gasteiger partial charge in [0.05, 0.1) is 7.11 Å². The van der Waals surface area contributed by atoms with Crippen molar-refractivity contribution >= 4 is 45.5 Å². The van der Waals surface area contributed by atoms with Crippen LogP contribution in [0.4, 0.5) is 5.13 Å². The number of aromatic nitrogens is 2. The van der Waals surface area contributed by atoms with E-state index in [2.05, 4.69) is 21.6 Å². The van der Waals surface area contributed by atoms with Crippen LogP contribution in [0.15, 0.2) is 70.4 Å². The maximum absolute atomic E-state index is 12.7. The summed E-state index contributed by atoms with van der Waals surface area (Å²) in [6.07, 6.45) is 0. The number of nitrogens with one attached hydrogen (secondary N) is 1. The molecular formula is C22H19N3O3S3. The molecule has 0 fully saturated rings. The Morgan fingerprint density at radius 3 is 2.71 bits per heavy atom. The molecule has 0 aliphatic heterocycles. The summed E-state index contributed by atoms with van der Waals surface area (Å²) < 4.78 is 12.1. The second kappa shape index (κ2) is 10.4. The number of carbonyl (C=O) groups excluding carboxylic acids is 1. The summed E-state index contributed by atoms with van der Waals surface area (Å²) >= 11 is 4.66. The Morgan fingerprint density at radius 2 is 1.94 bits per heavy atom. The molecule has 0 saturated heterocycles. The number of thioether (sulfide) groups is 1. The number of amides is 1. The van der Waals surface area contributed by atoms with Crippen molar-refractivity contribution in [3.63, 3.8) is 0 Å². The first kappa shape index (κ1) is 21.4. The Bertz CT molecular complexity index is 1130. The summed E-state index contributed by atoms with van der Waals surface area (Å²) in [5.74, 6) is 1.63. The van der Waals surface area contributed by atoms with E-state index in [4.69, 9.17) is 9.47 Å². The van der Waals surface area contributed by atoms with Gasteiger partial charge in [-0.15, -0.1) is 21.5 Å². The minimum atomic E-state index is -0.279. The second-order valence-corrected chi connectivity index (χ2v) is 9.57. The highest BCUT2D eigenvalue weighted by molar-refractivity contribution is 8.00. The monoisotopic (exact) mass is 469 g/mol. The fraction of sp³-hybridized carbons (Fsp3) is 0.136. The van der Waals surface area contributed by atoms with Gasteiger partial charge in [-0.1, -0.05) is 59.5 Å². The molecule has 0 unspecified atom stereocenters. The van der Waals surface area contributed by atoms with E-state index in [-0.39, 0.29) is 5.91 Å². The molecule has 0 aliphatic carbocycles. The lowest BCUT2D eigenvalue weighted by Gasteiger charge is -2.12. The minimum Gasteiger partial charge on any atom is -0.493 e. The number of benzene rings is 2. The predicted octanol–water partition coefficient (Wildman–Crippen LogP) is 5.73. The van der Waals surface area contributed by atoms with Crippen LogP contribution >= 0.6 is 34.4 Å². The van der Waals surface area contributed by atoms with Crippen molar-refractivity contribution < 1.29 is 14.3 Å². The van der Waals surface area contributed by atoms with Crippen molar-refractivity contribution in [2.75, 3.05) is 12.4 Å². The molecule has 0 spiro atoms. The third-order valence-corrected chi connectivity index (χ3v) is 7.29. The molecule has 158 valence electrons. The first-order chi connectivity index (χ1) is 15.2. The van der Waals surface area contributed by atoms with E-state index in [1.165, 1.54) is 16.2 Å². The van der Waals surface area contributed by atoms with Crippen LogP contribution in [0.3, 0.4) is 0 Å². The van der Waals surface area contributed by atoms with E-state index in [1.807, 2.05) is 41.8 Å². The van der Waals surface area contributed by atoms with Gasteiger partial charge in [0.15, 0.2) is 15.8 Å². The van der Waals surface area contributed by atoms with E-state index < -0.39 is 0 Å². The van der Waals surface area contributed by atoms with Crippen LogP contribution in [0.25, 0.3) is 0 Å². The van der Waals surface area contributed by atoms with Crippen LogP contribution in [0.1, 0.15) is 20.8 Å². The van der Waals surface area contributed by atoms with E-state index in [1.54, 1.807) is 48.4 Å². The fourth-order valence-electron chi connectivity index (χ4n) is 2.68. The fourth-order valence-corrected chi connectivity index (χ4v) is 5.20. The molecule has 1 N–H and O–H groups in total. The summed E-state index contributed by atoms with van der Waals surface area (Å²) in [6.45, 7) is 0.416. The van der Waals surface area contributed by atoms with E-state index >= 15 is 0 Å². The number of anilines is 1. The van der Waals surface area contributed by atoms with Gasteiger partial charge in [-0.2, -0.15) is 0 Å². The molecule has 4 aromatic rings. The maximum atomic E-state index is 12.7. The first-order valence-corrected chi connectivity index (χ1v) is 12.0. The number of thiophene rings is 1. The molecular weight excluding hydrogens is 450 g/mol. The molecule has 9 heteroatoms. The third-order valence-electron chi connectivity index (χ3n) is 4.21. The molecule has 2 aromatic carbocycles. The van der Waals surface area contributed by atoms with Gasteiger partial charge in [0, 0.05) is 16.2 Å². The summed E-state index contributed by atoms with van der Waals surface area (Å²) in [5, 5.41) is 13.5.